The number of hydrogen-bond donors (Lipinski definition) is 1. The average molecular weight is 280 g/mol. The number of hydrogen-bond acceptors (Lipinski definition) is 4. The van der Waals surface area contributed by atoms with Gasteiger partial charge < -0.3 is 0 Å². The van der Waals surface area contributed by atoms with Gasteiger partial charge in [-0.1, -0.05) is 0 Å². The predicted molar refractivity (Wildman–Crippen MR) is 68.1 cm³/mol. The van der Waals surface area contributed by atoms with Crippen LogP contribution in [0.25, 0.3) is 5.69 Å². The second-order valence-corrected chi connectivity index (χ2v) is 5.50. The van der Waals surface area contributed by atoms with E-state index >= 15 is 0 Å². The van der Waals surface area contributed by atoms with Gasteiger partial charge in [0.25, 0.3) is 10.1 Å². The largest absolute Gasteiger partial charge is 0.294 e. The quantitative estimate of drug-likeness (QED) is 0.681. The zero-order valence-electron chi connectivity index (χ0n) is 10.4. The molecule has 0 amide bonds. The van der Waals surface area contributed by atoms with Crippen LogP contribution in [0.1, 0.15) is 23.0 Å². The molecule has 0 aliphatic carbocycles. The highest BCUT2D eigenvalue weighted by atomic mass is 32.2. The summed E-state index contributed by atoms with van der Waals surface area (Å²) in [6, 6.07) is 5.57. The molecular weight excluding hydrogens is 268 g/mol. The Morgan fingerprint density at radius 3 is 2.26 bits per heavy atom. The van der Waals surface area contributed by atoms with Gasteiger partial charge in [-0.15, -0.1) is 0 Å². The molecule has 19 heavy (non-hydrogen) atoms. The van der Waals surface area contributed by atoms with Crippen LogP contribution < -0.4 is 0 Å². The maximum absolute atomic E-state index is 11.3. The van der Waals surface area contributed by atoms with Gasteiger partial charge >= 0.3 is 0 Å². The fourth-order valence-corrected chi connectivity index (χ4v) is 2.25. The Hall–Kier alpha value is -1.99. The number of carbonyl (C=O) groups is 1. The molecule has 0 saturated carbocycles. The molecule has 0 radical (unpaired) electrons. The van der Waals surface area contributed by atoms with E-state index in [1.807, 2.05) is 0 Å². The molecule has 0 bridgehead atoms. The molecule has 0 unspecified atom stereocenters. The number of Topliss-reactive ketones (excluding diaryl/α,β-unsaturated/α-hetero) is 1. The number of carbonyl (C=O) groups excluding carboxylic acids is 1. The highest BCUT2D eigenvalue weighted by molar-refractivity contribution is 7.85. The van der Waals surface area contributed by atoms with Crippen LogP contribution in [0.4, 0.5) is 0 Å². The third kappa shape index (κ3) is 2.56. The minimum atomic E-state index is -4.20. The summed E-state index contributed by atoms with van der Waals surface area (Å²) < 4.78 is 32.3. The molecule has 0 fully saturated rings. The Balaban J connectivity index is 2.46. The van der Waals surface area contributed by atoms with Crippen LogP contribution in [-0.4, -0.2) is 28.5 Å². The van der Waals surface area contributed by atoms with Crippen LogP contribution in [-0.2, 0) is 10.1 Å². The topological polar surface area (TPSA) is 89.3 Å². The third-order valence-electron chi connectivity index (χ3n) is 2.77. The summed E-state index contributed by atoms with van der Waals surface area (Å²) in [4.78, 5) is 11.1. The van der Waals surface area contributed by atoms with Crippen molar-refractivity contribution in [3.8, 4) is 5.69 Å². The molecule has 1 aromatic heterocycles. The Labute approximate surface area is 110 Å². The minimum Gasteiger partial charge on any atom is -0.294 e. The summed E-state index contributed by atoms with van der Waals surface area (Å²) in [6.45, 7) is 3.20. The average Bonchev–Trinajstić information content (AvgIpc) is 2.70. The number of aromatic nitrogens is 2. The fourth-order valence-electron chi connectivity index (χ4n) is 1.77. The van der Waals surface area contributed by atoms with Crippen LogP contribution >= 0.6 is 0 Å². The molecule has 0 atom stereocenters. The van der Waals surface area contributed by atoms with Crippen molar-refractivity contribution in [1.82, 2.24) is 9.78 Å². The van der Waals surface area contributed by atoms with Gasteiger partial charge in [0.2, 0.25) is 0 Å². The lowest BCUT2D eigenvalue weighted by Crippen LogP contribution is -2.02. The normalized spacial score (nSPS) is 11.5. The molecular formula is C12H12N2O4S. The van der Waals surface area contributed by atoms with E-state index in [0.29, 0.717) is 16.9 Å². The van der Waals surface area contributed by atoms with E-state index in [1.165, 1.54) is 42.1 Å². The predicted octanol–water partition coefficient (Wildman–Crippen LogP) is 1.63. The first-order valence-electron chi connectivity index (χ1n) is 5.44. The van der Waals surface area contributed by atoms with Gasteiger partial charge in [0.1, 0.15) is 0 Å². The van der Waals surface area contributed by atoms with E-state index in [1.54, 1.807) is 6.92 Å². The standard InChI is InChI=1S/C12H12N2O4S/c1-8-12(9(2)15)7-13-14(8)10-3-5-11(6-4-10)19(16,17)18/h3-7H,1-2H3,(H,16,17,18). The lowest BCUT2D eigenvalue weighted by molar-refractivity contribution is 0.101. The van der Waals surface area contributed by atoms with Crippen LogP contribution in [0.2, 0.25) is 0 Å². The molecule has 1 aromatic carbocycles. The van der Waals surface area contributed by atoms with Crippen molar-refractivity contribution < 1.29 is 17.8 Å². The molecule has 0 aliphatic heterocycles. The van der Waals surface area contributed by atoms with Crippen LogP contribution in [0.15, 0.2) is 35.4 Å². The first-order chi connectivity index (χ1) is 8.80. The number of ketones is 1. The summed E-state index contributed by atoms with van der Waals surface area (Å²) in [5, 5.41) is 4.08. The maximum Gasteiger partial charge on any atom is 0.294 e. The molecule has 0 saturated heterocycles. The number of benzene rings is 1. The molecule has 100 valence electrons. The third-order valence-corrected chi connectivity index (χ3v) is 3.64. The Morgan fingerprint density at radius 1 is 1.26 bits per heavy atom. The van der Waals surface area contributed by atoms with Gasteiger partial charge in [0.15, 0.2) is 5.78 Å². The van der Waals surface area contributed by atoms with Crippen LogP contribution in [0, 0.1) is 6.92 Å². The van der Waals surface area contributed by atoms with Gasteiger partial charge in [-0.3, -0.25) is 9.35 Å². The lowest BCUT2D eigenvalue weighted by atomic mass is 10.2. The van der Waals surface area contributed by atoms with Gasteiger partial charge in [-0.2, -0.15) is 13.5 Å². The lowest BCUT2D eigenvalue weighted by Gasteiger charge is -2.05. The summed E-state index contributed by atoms with van der Waals surface area (Å²) in [5.74, 6) is -0.0849. The van der Waals surface area contributed by atoms with Crippen molar-refractivity contribution in [1.29, 1.82) is 0 Å². The monoisotopic (exact) mass is 280 g/mol. The van der Waals surface area contributed by atoms with Gasteiger partial charge in [0, 0.05) is 0 Å². The zero-order chi connectivity index (χ0) is 14.2. The van der Waals surface area contributed by atoms with E-state index in [-0.39, 0.29) is 10.7 Å². The molecule has 0 aliphatic rings. The van der Waals surface area contributed by atoms with Gasteiger partial charge in [-0.25, -0.2) is 4.68 Å². The Bertz CT molecular complexity index is 730. The second-order valence-electron chi connectivity index (χ2n) is 4.08. The van der Waals surface area contributed by atoms with Crippen LogP contribution in [0.3, 0.4) is 0 Å². The molecule has 1 heterocycles. The first-order valence-corrected chi connectivity index (χ1v) is 6.88. The second kappa shape index (κ2) is 4.60. The van der Waals surface area contributed by atoms with Crippen LogP contribution in [0.5, 0.6) is 0 Å². The SMILES string of the molecule is CC(=O)c1cnn(-c2ccc(S(=O)(=O)O)cc2)c1C. The van der Waals surface area contributed by atoms with Crippen molar-refractivity contribution in [2.24, 2.45) is 0 Å². The fraction of sp³-hybridized carbons (Fsp3) is 0.167. The molecule has 0 spiro atoms. The molecule has 2 rings (SSSR count). The van der Waals surface area contributed by atoms with Crippen molar-refractivity contribution in [2.75, 3.05) is 0 Å². The molecule has 2 aromatic rings. The summed E-state index contributed by atoms with van der Waals surface area (Å²) in [7, 11) is -4.20. The van der Waals surface area contributed by atoms with Crippen molar-refractivity contribution in [3.63, 3.8) is 0 Å². The van der Waals surface area contributed by atoms with E-state index in [4.69, 9.17) is 4.55 Å². The zero-order valence-corrected chi connectivity index (χ0v) is 11.2. The van der Waals surface area contributed by atoms with Crippen molar-refractivity contribution in [3.05, 3.63) is 41.7 Å². The van der Waals surface area contributed by atoms with Gasteiger partial charge in [0.05, 0.1) is 28.0 Å². The summed E-state index contributed by atoms with van der Waals surface area (Å²) in [6.07, 6.45) is 1.47. The molecule has 7 heteroatoms. The first kappa shape index (κ1) is 13.4. The highest BCUT2D eigenvalue weighted by Crippen LogP contribution is 2.17. The van der Waals surface area contributed by atoms with E-state index in [2.05, 4.69) is 5.10 Å². The highest BCUT2D eigenvalue weighted by Gasteiger charge is 2.13. The number of rotatable bonds is 3. The number of nitrogens with zero attached hydrogens (tertiary/aromatic N) is 2. The van der Waals surface area contributed by atoms with E-state index < -0.39 is 10.1 Å². The Kier molecular flexibility index (Phi) is 3.25. The summed E-state index contributed by atoms with van der Waals surface area (Å²) in [5.41, 5.74) is 1.79. The van der Waals surface area contributed by atoms with E-state index in [0.717, 1.165) is 0 Å². The minimum absolute atomic E-state index is 0.0849. The smallest absolute Gasteiger partial charge is 0.294 e. The van der Waals surface area contributed by atoms with Crippen molar-refractivity contribution >= 4 is 15.9 Å². The molecule has 1 N–H and O–H groups in total. The summed E-state index contributed by atoms with van der Waals surface area (Å²) >= 11 is 0. The molecule has 6 nitrogen and oxygen atoms in total. The Morgan fingerprint density at radius 2 is 1.84 bits per heavy atom. The van der Waals surface area contributed by atoms with E-state index in [9.17, 15) is 13.2 Å². The van der Waals surface area contributed by atoms with Gasteiger partial charge in [-0.05, 0) is 38.1 Å². The van der Waals surface area contributed by atoms with Crippen molar-refractivity contribution in [2.45, 2.75) is 18.7 Å². The maximum atomic E-state index is 11.3.